The minimum absolute atomic E-state index is 0.284. The van der Waals surface area contributed by atoms with E-state index in [0.717, 1.165) is 35.9 Å². The molecule has 110 valence electrons. The highest BCUT2D eigenvalue weighted by molar-refractivity contribution is 5.46. The number of nitrogens with one attached hydrogen (secondary N) is 1. The first kappa shape index (κ1) is 13.8. The Hall–Kier alpha value is -2.20. The van der Waals surface area contributed by atoms with Gasteiger partial charge in [-0.05, 0) is 29.8 Å². The third-order valence-corrected chi connectivity index (χ3v) is 3.35. The first-order valence-corrected chi connectivity index (χ1v) is 7.16. The van der Waals surface area contributed by atoms with Crippen LogP contribution < -0.4 is 19.5 Å². The van der Waals surface area contributed by atoms with Gasteiger partial charge in [0.2, 0.25) is 6.79 Å². The summed E-state index contributed by atoms with van der Waals surface area (Å²) >= 11 is 0. The van der Waals surface area contributed by atoms with Crippen LogP contribution in [0.15, 0.2) is 42.5 Å². The van der Waals surface area contributed by atoms with E-state index in [0.29, 0.717) is 6.61 Å². The maximum absolute atomic E-state index is 5.79. The van der Waals surface area contributed by atoms with E-state index in [1.165, 1.54) is 5.56 Å². The fourth-order valence-corrected chi connectivity index (χ4v) is 2.16. The second kappa shape index (κ2) is 6.50. The number of hydrogen-bond acceptors (Lipinski definition) is 4. The van der Waals surface area contributed by atoms with Gasteiger partial charge < -0.3 is 19.5 Å². The van der Waals surface area contributed by atoms with Crippen molar-refractivity contribution in [3.05, 3.63) is 53.6 Å². The summed E-state index contributed by atoms with van der Waals surface area (Å²) in [4.78, 5) is 0. The zero-order valence-corrected chi connectivity index (χ0v) is 12.1. The van der Waals surface area contributed by atoms with Gasteiger partial charge in [0.1, 0.15) is 12.4 Å². The molecule has 1 aliphatic heterocycles. The van der Waals surface area contributed by atoms with Gasteiger partial charge in [0.25, 0.3) is 0 Å². The van der Waals surface area contributed by atoms with Gasteiger partial charge in [-0.1, -0.05) is 31.2 Å². The predicted molar refractivity (Wildman–Crippen MR) is 80.7 cm³/mol. The number of rotatable bonds is 6. The molecule has 2 aromatic carbocycles. The molecule has 0 fully saturated rings. The van der Waals surface area contributed by atoms with Gasteiger partial charge in [-0.2, -0.15) is 0 Å². The van der Waals surface area contributed by atoms with Crippen LogP contribution in [0.3, 0.4) is 0 Å². The first-order chi connectivity index (χ1) is 10.3. The summed E-state index contributed by atoms with van der Waals surface area (Å²) in [6, 6.07) is 14.1. The third kappa shape index (κ3) is 3.47. The van der Waals surface area contributed by atoms with Crippen LogP contribution in [-0.4, -0.2) is 13.3 Å². The monoisotopic (exact) mass is 285 g/mol. The lowest BCUT2D eigenvalue weighted by molar-refractivity contribution is 0.173. The van der Waals surface area contributed by atoms with Gasteiger partial charge in [0.15, 0.2) is 11.5 Å². The van der Waals surface area contributed by atoms with Crippen LogP contribution in [0.2, 0.25) is 0 Å². The molecule has 0 bridgehead atoms. The van der Waals surface area contributed by atoms with E-state index >= 15 is 0 Å². The summed E-state index contributed by atoms with van der Waals surface area (Å²) in [5, 5.41) is 3.31. The highest BCUT2D eigenvalue weighted by atomic mass is 16.7. The van der Waals surface area contributed by atoms with E-state index in [1.807, 2.05) is 18.2 Å². The summed E-state index contributed by atoms with van der Waals surface area (Å²) in [5.74, 6) is 2.31. The predicted octanol–water partition coefficient (Wildman–Crippen LogP) is 3.10. The summed E-state index contributed by atoms with van der Waals surface area (Å²) in [6.45, 7) is 4.82. The quantitative estimate of drug-likeness (QED) is 0.885. The molecule has 0 spiro atoms. The van der Waals surface area contributed by atoms with Crippen molar-refractivity contribution in [3.8, 4) is 17.2 Å². The lowest BCUT2D eigenvalue weighted by Crippen LogP contribution is -2.11. The van der Waals surface area contributed by atoms with Crippen molar-refractivity contribution in [1.29, 1.82) is 0 Å². The molecular formula is C17H19NO3. The van der Waals surface area contributed by atoms with E-state index in [2.05, 4.69) is 36.5 Å². The van der Waals surface area contributed by atoms with Crippen LogP contribution in [0, 0.1) is 0 Å². The Morgan fingerprint density at radius 2 is 1.76 bits per heavy atom. The van der Waals surface area contributed by atoms with Crippen LogP contribution in [0.1, 0.15) is 18.1 Å². The van der Waals surface area contributed by atoms with Gasteiger partial charge in [0, 0.05) is 12.6 Å². The Balaban J connectivity index is 1.57. The smallest absolute Gasteiger partial charge is 0.231 e. The van der Waals surface area contributed by atoms with Gasteiger partial charge >= 0.3 is 0 Å². The molecule has 2 aromatic rings. The molecule has 1 N–H and O–H groups in total. The number of ether oxygens (including phenoxy) is 3. The molecule has 0 amide bonds. The third-order valence-electron chi connectivity index (χ3n) is 3.35. The lowest BCUT2D eigenvalue weighted by Gasteiger charge is -2.08. The van der Waals surface area contributed by atoms with Crippen molar-refractivity contribution < 1.29 is 14.2 Å². The Bertz CT molecular complexity index is 595. The molecule has 0 radical (unpaired) electrons. The maximum atomic E-state index is 5.79. The molecule has 3 rings (SSSR count). The Morgan fingerprint density at radius 1 is 1.00 bits per heavy atom. The van der Waals surface area contributed by atoms with Crippen molar-refractivity contribution in [2.45, 2.75) is 20.1 Å². The minimum atomic E-state index is 0.284. The molecule has 4 heteroatoms. The lowest BCUT2D eigenvalue weighted by atomic mass is 10.1. The molecule has 0 aromatic heterocycles. The second-order valence-electron chi connectivity index (χ2n) is 4.90. The van der Waals surface area contributed by atoms with Crippen molar-refractivity contribution in [1.82, 2.24) is 5.32 Å². The molecule has 0 aliphatic carbocycles. The van der Waals surface area contributed by atoms with Crippen LogP contribution in [-0.2, 0) is 13.2 Å². The fraction of sp³-hybridized carbons (Fsp3) is 0.294. The molecular weight excluding hydrogens is 266 g/mol. The van der Waals surface area contributed by atoms with Crippen LogP contribution in [0.4, 0.5) is 0 Å². The van der Waals surface area contributed by atoms with Crippen LogP contribution >= 0.6 is 0 Å². The zero-order chi connectivity index (χ0) is 14.5. The SMILES string of the molecule is CCNCc1ccc(COc2ccc3c(c2)OCO3)cc1. The normalized spacial score (nSPS) is 12.4. The summed E-state index contributed by atoms with van der Waals surface area (Å²) < 4.78 is 16.4. The van der Waals surface area contributed by atoms with Crippen molar-refractivity contribution in [2.75, 3.05) is 13.3 Å². The summed E-state index contributed by atoms with van der Waals surface area (Å²) in [5.41, 5.74) is 2.43. The fourth-order valence-electron chi connectivity index (χ4n) is 2.16. The largest absolute Gasteiger partial charge is 0.489 e. The second-order valence-corrected chi connectivity index (χ2v) is 4.90. The maximum Gasteiger partial charge on any atom is 0.231 e. The van der Waals surface area contributed by atoms with E-state index in [-0.39, 0.29) is 6.79 Å². The molecule has 0 saturated carbocycles. The Labute approximate surface area is 124 Å². The highest BCUT2D eigenvalue weighted by Gasteiger charge is 2.13. The van der Waals surface area contributed by atoms with Gasteiger partial charge in [-0.3, -0.25) is 0 Å². The highest BCUT2D eigenvalue weighted by Crippen LogP contribution is 2.35. The Morgan fingerprint density at radius 3 is 2.57 bits per heavy atom. The van der Waals surface area contributed by atoms with E-state index in [1.54, 1.807) is 0 Å². The van der Waals surface area contributed by atoms with Gasteiger partial charge in [-0.25, -0.2) is 0 Å². The summed E-state index contributed by atoms with van der Waals surface area (Å²) in [7, 11) is 0. The van der Waals surface area contributed by atoms with Crippen molar-refractivity contribution in [3.63, 3.8) is 0 Å². The average molecular weight is 285 g/mol. The average Bonchev–Trinajstić information content (AvgIpc) is 2.99. The van der Waals surface area contributed by atoms with E-state index in [4.69, 9.17) is 14.2 Å². The molecule has 4 nitrogen and oxygen atoms in total. The van der Waals surface area contributed by atoms with Gasteiger partial charge in [0.05, 0.1) is 0 Å². The molecule has 0 unspecified atom stereocenters. The molecule has 21 heavy (non-hydrogen) atoms. The number of fused-ring (bicyclic) bond motifs is 1. The summed E-state index contributed by atoms with van der Waals surface area (Å²) in [6.07, 6.45) is 0. The molecule has 1 heterocycles. The topological polar surface area (TPSA) is 39.7 Å². The van der Waals surface area contributed by atoms with Crippen molar-refractivity contribution in [2.24, 2.45) is 0 Å². The zero-order valence-electron chi connectivity index (χ0n) is 12.1. The van der Waals surface area contributed by atoms with Crippen molar-refractivity contribution >= 4 is 0 Å². The molecule has 0 saturated heterocycles. The van der Waals surface area contributed by atoms with E-state index in [9.17, 15) is 0 Å². The number of benzene rings is 2. The van der Waals surface area contributed by atoms with Gasteiger partial charge in [-0.15, -0.1) is 0 Å². The standard InChI is InChI=1S/C17H19NO3/c1-2-18-10-13-3-5-14(6-4-13)11-19-15-7-8-16-17(9-15)21-12-20-16/h3-9,18H,2,10-12H2,1H3. The van der Waals surface area contributed by atoms with Crippen LogP contribution in [0.25, 0.3) is 0 Å². The molecule has 0 atom stereocenters. The van der Waals surface area contributed by atoms with E-state index < -0.39 is 0 Å². The number of hydrogen-bond donors (Lipinski definition) is 1. The Kier molecular flexibility index (Phi) is 4.26. The first-order valence-electron chi connectivity index (χ1n) is 7.16. The minimum Gasteiger partial charge on any atom is -0.489 e. The van der Waals surface area contributed by atoms with Crippen LogP contribution in [0.5, 0.6) is 17.2 Å². The molecule has 1 aliphatic rings.